The van der Waals surface area contributed by atoms with Crippen molar-refractivity contribution in [1.29, 1.82) is 0 Å². The summed E-state index contributed by atoms with van der Waals surface area (Å²) in [4.78, 5) is 8.90. The molecular formula is C20H18N6O. The summed E-state index contributed by atoms with van der Waals surface area (Å²) in [5.74, 6) is 1.88. The number of fused-ring (bicyclic) bond motifs is 1. The van der Waals surface area contributed by atoms with E-state index >= 15 is 0 Å². The smallest absolute Gasteiger partial charge is 0.249 e. The normalized spacial score (nSPS) is 10.6. The van der Waals surface area contributed by atoms with Gasteiger partial charge in [-0.25, -0.2) is 0 Å². The van der Waals surface area contributed by atoms with Crippen molar-refractivity contribution in [2.24, 2.45) is 0 Å². The van der Waals surface area contributed by atoms with Crippen LogP contribution >= 0.6 is 0 Å². The molecule has 0 amide bonds. The zero-order valence-electron chi connectivity index (χ0n) is 14.8. The van der Waals surface area contributed by atoms with E-state index in [9.17, 15) is 0 Å². The van der Waals surface area contributed by atoms with Gasteiger partial charge >= 0.3 is 0 Å². The lowest BCUT2D eigenvalue weighted by atomic mass is 10.2. The van der Waals surface area contributed by atoms with Crippen molar-refractivity contribution in [2.75, 3.05) is 17.7 Å². The molecule has 4 rings (SSSR count). The first-order valence-electron chi connectivity index (χ1n) is 8.49. The van der Waals surface area contributed by atoms with Gasteiger partial charge in [0.05, 0.1) is 24.5 Å². The summed E-state index contributed by atoms with van der Waals surface area (Å²) in [6, 6.07) is 17.7. The molecule has 0 aliphatic rings. The van der Waals surface area contributed by atoms with E-state index in [-0.39, 0.29) is 0 Å². The third-order valence-electron chi connectivity index (χ3n) is 4.07. The largest absolute Gasteiger partial charge is 0.497 e. The summed E-state index contributed by atoms with van der Waals surface area (Å²) >= 11 is 0. The fourth-order valence-electron chi connectivity index (χ4n) is 2.70. The van der Waals surface area contributed by atoms with Crippen LogP contribution in [0.15, 0.2) is 67.0 Å². The SMILES string of the molecule is COc1ccc(CNc2cnnc(Nc3cccc4cccnc34)n2)cc1. The van der Waals surface area contributed by atoms with Gasteiger partial charge in [-0.3, -0.25) is 4.98 Å². The van der Waals surface area contributed by atoms with E-state index in [0.717, 1.165) is 27.9 Å². The number of nitrogens with one attached hydrogen (secondary N) is 2. The van der Waals surface area contributed by atoms with Crippen LogP contribution in [-0.4, -0.2) is 27.3 Å². The number of methoxy groups -OCH3 is 1. The van der Waals surface area contributed by atoms with E-state index in [0.29, 0.717) is 18.3 Å². The summed E-state index contributed by atoms with van der Waals surface area (Å²) in [6.45, 7) is 0.623. The quantitative estimate of drug-likeness (QED) is 0.542. The Morgan fingerprint density at radius 2 is 1.85 bits per heavy atom. The van der Waals surface area contributed by atoms with E-state index in [1.807, 2.05) is 54.6 Å². The first-order chi connectivity index (χ1) is 13.3. The predicted octanol–water partition coefficient (Wildman–Crippen LogP) is 3.78. The maximum Gasteiger partial charge on any atom is 0.249 e. The lowest BCUT2D eigenvalue weighted by Crippen LogP contribution is -2.06. The summed E-state index contributed by atoms with van der Waals surface area (Å²) in [6.07, 6.45) is 3.36. The lowest BCUT2D eigenvalue weighted by molar-refractivity contribution is 0.414. The van der Waals surface area contributed by atoms with Crippen molar-refractivity contribution in [3.63, 3.8) is 0 Å². The van der Waals surface area contributed by atoms with Gasteiger partial charge in [-0.2, -0.15) is 10.1 Å². The van der Waals surface area contributed by atoms with Gasteiger partial charge in [-0.05, 0) is 29.8 Å². The predicted molar refractivity (Wildman–Crippen MR) is 105 cm³/mol. The van der Waals surface area contributed by atoms with E-state index in [2.05, 4.69) is 30.8 Å². The second-order valence-corrected chi connectivity index (χ2v) is 5.87. The molecule has 7 heteroatoms. The molecule has 0 unspecified atom stereocenters. The fourth-order valence-corrected chi connectivity index (χ4v) is 2.70. The monoisotopic (exact) mass is 358 g/mol. The molecule has 2 N–H and O–H groups in total. The average Bonchev–Trinajstić information content (AvgIpc) is 2.73. The molecule has 0 radical (unpaired) electrons. The highest BCUT2D eigenvalue weighted by molar-refractivity contribution is 5.91. The van der Waals surface area contributed by atoms with E-state index in [1.54, 1.807) is 19.5 Å². The molecule has 2 aromatic heterocycles. The van der Waals surface area contributed by atoms with Crippen LogP contribution in [0.1, 0.15) is 5.56 Å². The van der Waals surface area contributed by atoms with E-state index in [4.69, 9.17) is 4.74 Å². The first kappa shape index (κ1) is 16.7. The molecule has 27 heavy (non-hydrogen) atoms. The topological polar surface area (TPSA) is 84.9 Å². The third kappa shape index (κ3) is 3.92. The first-order valence-corrected chi connectivity index (χ1v) is 8.49. The highest BCUT2D eigenvalue weighted by atomic mass is 16.5. The second-order valence-electron chi connectivity index (χ2n) is 5.87. The Hall–Kier alpha value is -3.74. The van der Waals surface area contributed by atoms with Gasteiger partial charge in [0.25, 0.3) is 0 Å². The molecule has 0 bridgehead atoms. The molecular weight excluding hydrogens is 340 g/mol. The number of ether oxygens (including phenoxy) is 1. The van der Waals surface area contributed by atoms with Gasteiger partial charge in [0.1, 0.15) is 5.75 Å². The van der Waals surface area contributed by atoms with Gasteiger partial charge in [0.2, 0.25) is 5.95 Å². The Morgan fingerprint density at radius 3 is 2.70 bits per heavy atom. The van der Waals surface area contributed by atoms with Gasteiger partial charge in [-0.1, -0.05) is 30.3 Å². The minimum absolute atomic E-state index is 0.410. The number of aromatic nitrogens is 4. The van der Waals surface area contributed by atoms with Crippen LogP contribution in [0.5, 0.6) is 5.75 Å². The summed E-state index contributed by atoms with van der Waals surface area (Å²) in [5.41, 5.74) is 2.81. The Morgan fingerprint density at radius 1 is 1.00 bits per heavy atom. The Balaban J connectivity index is 1.48. The van der Waals surface area contributed by atoms with Gasteiger partial charge in [-0.15, -0.1) is 5.10 Å². The third-order valence-corrected chi connectivity index (χ3v) is 4.07. The molecule has 2 heterocycles. The van der Waals surface area contributed by atoms with Crippen molar-refractivity contribution in [3.8, 4) is 5.75 Å². The van der Waals surface area contributed by atoms with Gasteiger partial charge in [0, 0.05) is 18.1 Å². The van der Waals surface area contributed by atoms with Crippen LogP contribution < -0.4 is 15.4 Å². The highest BCUT2D eigenvalue weighted by Gasteiger charge is 2.05. The van der Waals surface area contributed by atoms with Gasteiger partial charge in [0.15, 0.2) is 5.82 Å². The fraction of sp³-hybridized carbons (Fsp3) is 0.100. The minimum Gasteiger partial charge on any atom is -0.497 e. The zero-order chi connectivity index (χ0) is 18.5. The van der Waals surface area contributed by atoms with Crippen molar-refractivity contribution in [2.45, 2.75) is 6.54 Å². The van der Waals surface area contributed by atoms with Crippen molar-refractivity contribution in [1.82, 2.24) is 20.2 Å². The molecule has 0 saturated carbocycles. The number of pyridine rings is 1. The van der Waals surface area contributed by atoms with Crippen LogP contribution in [-0.2, 0) is 6.54 Å². The minimum atomic E-state index is 0.410. The number of rotatable bonds is 6. The molecule has 0 aliphatic carbocycles. The van der Waals surface area contributed by atoms with Crippen molar-refractivity contribution < 1.29 is 4.74 Å². The number of anilines is 3. The zero-order valence-corrected chi connectivity index (χ0v) is 14.8. The van der Waals surface area contributed by atoms with Crippen LogP contribution in [0.2, 0.25) is 0 Å². The Bertz CT molecular complexity index is 1050. The van der Waals surface area contributed by atoms with E-state index in [1.165, 1.54) is 0 Å². The average molecular weight is 358 g/mol. The van der Waals surface area contributed by atoms with Crippen LogP contribution in [0, 0.1) is 0 Å². The maximum atomic E-state index is 5.17. The van der Waals surface area contributed by atoms with E-state index < -0.39 is 0 Å². The molecule has 134 valence electrons. The van der Waals surface area contributed by atoms with Crippen LogP contribution in [0.25, 0.3) is 10.9 Å². The Labute approximate surface area is 156 Å². The van der Waals surface area contributed by atoms with Crippen LogP contribution in [0.3, 0.4) is 0 Å². The Kier molecular flexibility index (Phi) is 4.74. The number of para-hydroxylation sites is 1. The van der Waals surface area contributed by atoms with Crippen molar-refractivity contribution in [3.05, 3.63) is 72.6 Å². The summed E-state index contributed by atoms with van der Waals surface area (Å²) < 4.78 is 5.17. The molecule has 7 nitrogen and oxygen atoms in total. The standard InChI is InChI=1S/C20H18N6O/c1-27-16-9-7-14(8-10-16)12-22-18-13-23-26-20(25-18)24-17-6-2-4-15-5-3-11-21-19(15)17/h2-11,13H,12H2,1H3,(H2,22,24,25,26). The summed E-state index contributed by atoms with van der Waals surface area (Å²) in [5, 5.41) is 15.6. The number of hydrogen-bond donors (Lipinski definition) is 2. The maximum absolute atomic E-state index is 5.17. The van der Waals surface area contributed by atoms with Gasteiger partial charge < -0.3 is 15.4 Å². The number of nitrogens with zero attached hydrogens (tertiary/aromatic N) is 4. The molecule has 0 spiro atoms. The molecule has 0 atom stereocenters. The van der Waals surface area contributed by atoms with Crippen molar-refractivity contribution >= 4 is 28.4 Å². The lowest BCUT2D eigenvalue weighted by Gasteiger charge is -2.09. The highest BCUT2D eigenvalue weighted by Crippen LogP contribution is 2.23. The molecule has 0 aliphatic heterocycles. The number of hydrogen-bond acceptors (Lipinski definition) is 7. The molecule has 4 aromatic rings. The van der Waals surface area contributed by atoms with Crippen LogP contribution in [0.4, 0.5) is 17.5 Å². The molecule has 0 saturated heterocycles. The molecule has 2 aromatic carbocycles. The second kappa shape index (κ2) is 7.65. The summed E-state index contributed by atoms with van der Waals surface area (Å²) in [7, 11) is 1.65. The number of benzene rings is 2. The molecule has 0 fully saturated rings.